The van der Waals surface area contributed by atoms with Crippen LogP contribution in [-0.4, -0.2) is 26.8 Å². The smallest absolute Gasteiger partial charge is 0.261 e. The lowest BCUT2D eigenvalue weighted by atomic mass is 10.1. The van der Waals surface area contributed by atoms with E-state index in [9.17, 15) is 4.79 Å². The van der Waals surface area contributed by atoms with Crippen molar-refractivity contribution in [1.82, 2.24) is 14.6 Å². The van der Waals surface area contributed by atoms with E-state index in [2.05, 4.69) is 10.4 Å². The number of aromatic nitrogens is 3. The highest BCUT2D eigenvalue weighted by atomic mass is 16.1. The fourth-order valence-electron chi connectivity index (χ4n) is 3.67. The zero-order valence-corrected chi connectivity index (χ0v) is 18.3. The standard InChI is InChI=1S/C26H22N6O/c1-16-11-13-19(14-12-16)29-26(33)22-23-25(31-21-10-6-5-9-20(21)30-23)32(24(22)27)28-15-18-8-4-3-7-17(18)2/h3-15H,27H2,1-2H3,(H,29,33)/b28-15-. The number of hydrogen-bond donors (Lipinski definition) is 2. The van der Waals surface area contributed by atoms with Gasteiger partial charge in [-0.15, -0.1) is 0 Å². The Hall–Kier alpha value is -4.52. The van der Waals surface area contributed by atoms with Crippen molar-refractivity contribution in [2.45, 2.75) is 13.8 Å². The predicted octanol–water partition coefficient (Wildman–Crippen LogP) is 4.92. The van der Waals surface area contributed by atoms with Crippen LogP contribution in [0.3, 0.4) is 0 Å². The van der Waals surface area contributed by atoms with Gasteiger partial charge in [-0.3, -0.25) is 4.79 Å². The second-order valence-corrected chi connectivity index (χ2v) is 7.88. The maximum Gasteiger partial charge on any atom is 0.261 e. The number of fused-ring (bicyclic) bond motifs is 2. The predicted molar refractivity (Wildman–Crippen MR) is 133 cm³/mol. The summed E-state index contributed by atoms with van der Waals surface area (Å²) in [6.45, 7) is 4.00. The molecule has 162 valence electrons. The summed E-state index contributed by atoms with van der Waals surface area (Å²) < 4.78 is 1.48. The molecule has 5 rings (SSSR count). The summed E-state index contributed by atoms with van der Waals surface area (Å²) in [6.07, 6.45) is 1.71. The fourth-order valence-corrected chi connectivity index (χ4v) is 3.67. The number of rotatable bonds is 4. The van der Waals surface area contributed by atoms with Gasteiger partial charge in [-0.25, -0.2) is 9.97 Å². The number of benzene rings is 3. The fraction of sp³-hybridized carbons (Fsp3) is 0.0769. The van der Waals surface area contributed by atoms with Gasteiger partial charge in [-0.2, -0.15) is 9.78 Å². The number of nitrogens with one attached hydrogen (secondary N) is 1. The van der Waals surface area contributed by atoms with Crippen molar-refractivity contribution in [2.75, 3.05) is 11.1 Å². The van der Waals surface area contributed by atoms with E-state index in [4.69, 9.17) is 15.7 Å². The van der Waals surface area contributed by atoms with E-state index in [1.165, 1.54) is 4.68 Å². The quantitative estimate of drug-likeness (QED) is 0.392. The van der Waals surface area contributed by atoms with Crippen molar-refractivity contribution in [2.24, 2.45) is 5.10 Å². The summed E-state index contributed by atoms with van der Waals surface area (Å²) in [5.41, 5.74) is 12.7. The average molecular weight is 435 g/mol. The number of nitrogens with zero attached hydrogens (tertiary/aromatic N) is 4. The Bertz CT molecular complexity index is 1530. The van der Waals surface area contributed by atoms with Crippen LogP contribution in [-0.2, 0) is 0 Å². The van der Waals surface area contributed by atoms with Crippen LogP contribution in [0.5, 0.6) is 0 Å². The number of hydrogen-bond acceptors (Lipinski definition) is 5. The molecule has 33 heavy (non-hydrogen) atoms. The zero-order chi connectivity index (χ0) is 22.9. The minimum Gasteiger partial charge on any atom is -0.383 e. The molecule has 0 saturated heterocycles. The summed E-state index contributed by atoms with van der Waals surface area (Å²) >= 11 is 0. The lowest BCUT2D eigenvalue weighted by Gasteiger charge is -2.06. The normalized spacial score (nSPS) is 11.5. The molecule has 0 aliphatic heterocycles. The monoisotopic (exact) mass is 434 g/mol. The van der Waals surface area contributed by atoms with Crippen molar-refractivity contribution in [3.63, 3.8) is 0 Å². The van der Waals surface area contributed by atoms with Gasteiger partial charge in [0.05, 0.1) is 17.2 Å². The second-order valence-electron chi connectivity index (χ2n) is 7.88. The highest BCUT2D eigenvalue weighted by molar-refractivity contribution is 6.16. The van der Waals surface area contributed by atoms with E-state index in [0.717, 1.165) is 16.7 Å². The van der Waals surface area contributed by atoms with Crippen molar-refractivity contribution < 1.29 is 4.79 Å². The Morgan fingerprint density at radius 3 is 2.33 bits per heavy atom. The number of anilines is 2. The van der Waals surface area contributed by atoms with E-state index in [1.54, 1.807) is 6.21 Å². The number of carbonyl (C=O) groups is 1. The van der Waals surface area contributed by atoms with Gasteiger partial charge in [0, 0.05) is 5.69 Å². The first-order valence-electron chi connectivity index (χ1n) is 10.6. The number of para-hydroxylation sites is 2. The molecule has 3 N–H and O–H groups in total. The third-order valence-electron chi connectivity index (χ3n) is 5.51. The first kappa shape index (κ1) is 20.4. The summed E-state index contributed by atoms with van der Waals surface area (Å²) in [7, 11) is 0. The van der Waals surface area contributed by atoms with Gasteiger partial charge in [0.1, 0.15) is 16.9 Å². The zero-order valence-electron chi connectivity index (χ0n) is 18.3. The molecule has 0 saturated carbocycles. The van der Waals surface area contributed by atoms with Gasteiger partial charge < -0.3 is 11.1 Å². The molecule has 1 amide bonds. The number of nitrogens with two attached hydrogens (primary N) is 1. The first-order valence-corrected chi connectivity index (χ1v) is 10.6. The molecule has 2 aromatic heterocycles. The van der Waals surface area contributed by atoms with Crippen molar-refractivity contribution >= 4 is 45.8 Å². The third-order valence-corrected chi connectivity index (χ3v) is 5.51. The molecule has 0 radical (unpaired) electrons. The maximum absolute atomic E-state index is 13.3. The largest absolute Gasteiger partial charge is 0.383 e. The maximum atomic E-state index is 13.3. The molecule has 0 atom stereocenters. The van der Waals surface area contributed by atoms with E-state index >= 15 is 0 Å². The molecule has 0 aliphatic carbocycles. The minimum atomic E-state index is -0.365. The van der Waals surface area contributed by atoms with Crippen LogP contribution in [0.2, 0.25) is 0 Å². The molecule has 0 bridgehead atoms. The Morgan fingerprint density at radius 1 is 0.939 bits per heavy atom. The van der Waals surface area contributed by atoms with E-state index in [-0.39, 0.29) is 17.3 Å². The number of carbonyl (C=O) groups excluding carboxylic acids is 1. The lowest BCUT2D eigenvalue weighted by molar-refractivity contribution is 0.102. The molecule has 7 heteroatoms. The third kappa shape index (κ3) is 3.80. The van der Waals surface area contributed by atoms with Gasteiger partial charge in [0.25, 0.3) is 5.91 Å². The number of aryl methyl sites for hydroxylation is 2. The minimum absolute atomic E-state index is 0.176. The molecule has 0 aliphatic rings. The van der Waals surface area contributed by atoms with Crippen molar-refractivity contribution in [1.29, 1.82) is 0 Å². The van der Waals surface area contributed by atoms with E-state index < -0.39 is 0 Å². The Kier molecular flexibility index (Phi) is 5.06. The molecule has 0 unspecified atom stereocenters. The van der Waals surface area contributed by atoms with Gasteiger partial charge in [0.15, 0.2) is 5.65 Å². The van der Waals surface area contributed by atoms with Gasteiger partial charge in [0.2, 0.25) is 0 Å². The molecule has 5 aromatic rings. The van der Waals surface area contributed by atoms with Gasteiger partial charge in [-0.05, 0) is 49.2 Å². The Labute approximate surface area is 190 Å². The molecular formula is C26H22N6O. The van der Waals surface area contributed by atoms with Crippen LogP contribution < -0.4 is 11.1 Å². The van der Waals surface area contributed by atoms with Crippen molar-refractivity contribution in [3.8, 4) is 0 Å². The highest BCUT2D eigenvalue weighted by Gasteiger charge is 2.24. The van der Waals surface area contributed by atoms with Crippen LogP contribution >= 0.6 is 0 Å². The average Bonchev–Trinajstić information content (AvgIpc) is 3.08. The molecule has 0 spiro atoms. The lowest BCUT2D eigenvalue weighted by Crippen LogP contribution is -2.14. The number of nitrogen functional groups attached to an aromatic ring is 1. The first-order chi connectivity index (χ1) is 16.0. The molecular weight excluding hydrogens is 412 g/mol. The van der Waals surface area contributed by atoms with Crippen LogP contribution in [0.15, 0.2) is 77.9 Å². The Morgan fingerprint density at radius 2 is 1.61 bits per heavy atom. The molecule has 2 heterocycles. The van der Waals surface area contributed by atoms with Gasteiger partial charge >= 0.3 is 0 Å². The molecule has 3 aromatic carbocycles. The van der Waals surface area contributed by atoms with E-state index in [1.807, 2.05) is 86.6 Å². The van der Waals surface area contributed by atoms with Crippen molar-refractivity contribution in [3.05, 3.63) is 95.1 Å². The summed E-state index contributed by atoms with van der Waals surface area (Å²) in [5.74, 6) is -0.189. The summed E-state index contributed by atoms with van der Waals surface area (Å²) in [6, 6.07) is 22.9. The molecule has 0 fully saturated rings. The highest BCUT2D eigenvalue weighted by Crippen LogP contribution is 2.28. The molecule has 7 nitrogen and oxygen atoms in total. The topological polar surface area (TPSA) is 98.2 Å². The van der Waals surface area contributed by atoms with E-state index in [0.29, 0.717) is 27.9 Å². The summed E-state index contributed by atoms with van der Waals surface area (Å²) in [4.78, 5) is 22.7. The SMILES string of the molecule is Cc1ccc(NC(=O)c2c(N)n(/N=C\c3ccccc3C)c3nc4ccccc4nc23)cc1. The van der Waals surface area contributed by atoms with Crippen LogP contribution in [0, 0.1) is 13.8 Å². The van der Waals surface area contributed by atoms with Crippen LogP contribution in [0.25, 0.3) is 22.2 Å². The summed E-state index contributed by atoms with van der Waals surface area (Å²) in [5, 5.41) is 7.49. The second kappa shape index (κ2) is 8.20. The van der Waals surface area contributed by atoms with Crippen LogP contribution in [0.1, 0.15) is 27.0 Å². The van der Waals surface area contributed by atoms with Gasteiger partial charge in [-0.1, -0.05) is 54.1 Å². The Balaban J connectivity index is 1.67. The number of amides is 1. The van der Waals surface area contributed by atoms with Crippen LogP contribution in [0.4, 0.5) is 11.5 Å².